The predicted octanol–water partition coefficient (Wildman–Crippen LogP) is 6.47. The number of halogens is 4. The third-order valence-electron chi connectivity index (χ3n) is 4.06. The predicted molar refractivity (Wildman–Crippen MR) is 107 cm³/mol. The molecule has 0 fully saturated rings. The Morgan fingerprint density at radius 2 is 1.50 bits per heavy atom. The molecular formula is C21H17Cl2F2NO2. The molecule has 0 aliphatic rings. The smallest absolute Gasteiger partial charge is 0.163 e. The number of rotatable bonds is 7. The van der Waals surface area contributed by atoms with E-state index in [1.807, 2.05) is 0 Å². The average molecular weight is 424 g/mol. The molecule has 1 N–H and O–H groups in total. The van der Waals surface area contributed by atoms with Gasteiger partial charge in [-0.25, -0.2) is 8.78 Å². The third kappa shape index (κ3) is 5.06. The number of hydrogen-bond donors (Lipinski definition) is 1. The highest BCUT2D eigenvalue weighted by atomic mass is 35.5. The normalized spacial score (nSPS) is 10.6. The largest absolute Gasteiger partial charge is 0.493 e. The Morgan fingerprint density at radius 3 is 2.18 bits per heavy atom. The Bertz CT molecular complexity index is 965. The average Bonchev–Trinajstić information content (AvgIpc) is 2.68. The van der Waals surface area contributed by atoms with Gasteiger partial charge in [-0.2, -0.15) is 0 Å². The van der Waals surface area contributed by atoms with Gasteiger partial charge in [-0.15, -0.1) is 0 Å². The lowest BCUT2D eigenvalue weighted by atomic mass is 10.2. The van der Waals surface area contributed by atoms with Crippen LogP contribution in [0.1, 0.15) is 11.1 Å². The first-order chi connectivity index (χ1) is 13.5. The maximum absolute atomic E-state index is 13.2. The highest BCUT2D eigenvalue weighted by Crippen LogP contribution is 2.34. The van der Waals surface area contributed by atoms with E-state index in [2.05, 4.69) is 5.32 Å². The van der Waals surface area contributed by atoms with E-state index in [1.54, 1.807) is 30.3 Å². The minimum Gasteiger partial charge on any atom is -0.493 e. The van der Waals surface area contributed by atoms with Gasteiger partial charge in [0.05, 0.1) is 12.1 Å². The zero-order valence-electron chi connectivity index (χ0n) is 14.9. The molecule has 7 heteroatoms. The van der Waals surface area contributed by atoms with Crippen molar-refractivity contribution in [1.29, 1.82) is 0 Å². The fourth-order valence-corrected chi connectivity index (χ4v) is 2.99. The van der Waals surface area contributed by atoms with Crippen LogP contribution in [0.25, 0.3) is 0 Å². The van der Waals surface area contributed by atoms with Crippen LogP contribution in [0.5, 0.6) is 11.5 Å². The van der Waals surface area contributed by atoms with E-state index >= 15 is 0 Å². The highest BCUT2D eigenvalue weighted by Gasteiger charge is 2.12. The summed E-state index contributed by atoms with van der Waals surface area (Å²) in [6.45, 7) is 0.559. The molecule has 3 rings (SSSR count). The molecule has 3 nitrogen and oxygen atoms in total. The number of anilines is 1. The molecule has 0 unspecified atom stereocenters. The summed E-state index contributed by atoms with van der Waals surface area (Å²) in [6, 6.07) is 13.6. The van der Waals surface area contributed by atoms with Crippen LogP contribution in [0.4, 0.5) is 14.5 Å². The lowest BCUT2D eigenvalue weighted by Crippen LogP contribution is -2.03. The van der Waals surface area contributed by atoms with Crippen LogP contribution in [0.2, 0.25) is 10.0 Å². The molecule has 0 saturated heterocycles. The van der Waals surface area contributed by atoms with Gasteiger partial charge in [0.15, 0.2) is 11.5 Å². The number of nitrogens with one attached hydrogen (secondary N) is 1. The standard InChI is InChI=1S/C21H17Cl2F2NO2/c1-27-20-8-14(11-26-17-6-4-15(24)5-7-17)19(23)10-21(20)28-12-13-2-3-16(25)9-18(13)22/h2-10,26H,11-12H2,1H3. The van der Waals surface area contributed by atoms with E-state index in [1.165, 1.54) is 31.4 Å². The number of hydrogen-bond acceptors (Lipinski definition) is 3. The van der Waals surface area contributed by atoms with Gasteiger partial charge in [-0.1, -0.05) is 29.3 Å². The van der Waals surface area contributed by atoms with E-state index in [0.29, 0.717) is 28.6 Å². The lowest BCUT2D eigenvalue weighted by molar-refractivity contribution is 0.284. The molecule has 0 aliphatic carbocycles. The fraction of sp³-hybridized carbons (Fsp3) is 0.143. The van der Waals surface area contributed by atoms with Crippen molar-refractivity contribution in [3.8, 4) is 11.5 Å². The van der Waals surface area contributed by atoms with Gasteiger partial charge in [-0.05, 0) is 48.0 Å². The van der Waals surface area contributed by atoms with Crippen LogP contribution in [0.15, 0.2) is 54.6 Å². The van der Waals surface area contributed by atoms with Crippen molar-refractivity contribution in [3.05, 3.63) is 87.4 Å². The number of benzene rings is 3. The second-order valence-corrected chi connectivity index (χ2v) is 6.79. The van der Waals surface area contributed by atoms with Crippen molar-refractivity contribution >= 4 is 28.9 Å². The Hall–Kier alpha value is -2.50. The molecule has 0 atom stereocenters. The molecule has 0 aromatic heterocycles. The summed E-state index contributed by atoms with van der Waals surface area (Å²) < 4.78 is 37.3. The molecule has 3 aromatic carbocycles. The van der Waals surface area contributed by atoms with E-state index in [0.717, 1.165) is 11.3 Å². The number of methoxy groups -OCH3 is 1. The molecule has 0 radical (unpaired) electrons. The second kappa shape index (κ2) is 9.13. The van der Waals surface area contributed by atoms with E-state index < -0.39 is 5.82 Å². The SMILES string of the molecule is COc1cc(CNc2ccc(F)cc2)c(Cl)cc1OCc1ccc(F)cc1Cl. The minimum atomic E-state index is -0.410. The summed E-state index contributed by atoms with van der Waals surface area (Å²) >= 11 is 12.4. The van der Waals surface area contributed by atoms with Crippen LogP contribution in [0.3, 0.4) is 0 Å². The minimum absolute atomic E-state index is 0.138. The zero-order valence-corrected chi connectivity index (χ0v) is 16.5. The quantitative estimate of drug-likeness (QED) is 0.472. The third-order valence-corrected chi connectivity index (χ3v) is 4.76. The monoisotopic (exact) mass is 423 g/mol. The van der Waals surface area contributed by atoms with Gasteiger partial charge < -0.3 is 14.8 Å². The number of ether oxygens (including phenoxy) is 2. The van der Waals surface area contributed by atoms with Gasteiger partial charge in [0.2, 0.25) is 0 Å². The summed E-state index contributed by atoms with van der Waals surface area (Å²) in [5.41, 5.74) is 2.20. The molecule has 0 bridgehead atoms. The molecular weight excluding hydrogens is 407 g/mol. The van der Waals surface area contributed by atoms with Crippen LogP contribution >= 0.6 is 23.2 Å². The summed E-state index contributed by atoms with van der Waals surface area (Å²) in [6.07, 6.45) is 0. The Labute approximate surface area is 171 Å². The first-order valence-electron chi connectivity index (χ1n) is 8.39. The molecule has 146 valence electrons. The molecule has 0 heterocycles. The molecule has 0 amide bonds. The molecule has 28 heavy (non-hydrogen) atoms. The van der Waals surface area contributed by atoms with Gasteiger partial charge >= 0.3 is 0 Å². The lowest BCUT2D eigenvalue weighted by Gasteiger charge is -2.15. The molecule has 0 aliphatic heterocycles. The van der Waals surface area contributed by atoms with E-state index in [-0.39, 0.29) is 17.4 Å². The van der Waals surface area contributed by atoms with Crippen LogP contribution in [-0.2, 0) is 13.2 Å². The van der Waals surface area contributed by atoms with Crippen molar-refractivity contribution in [2.24, 2.45) is 0 Å². The van der Waals surface area contributed by atoms with Gasteiger partial charge in [-0.3, -0.25) is 0 Å². The molecule has 0 saturated carbocycles. The summed E-state index contributed by atoms with van der Waals surface area (Å²) in [5.74, 6) is 0.234. The van der Waals surface area contributed by atoms with E-state index in [9.17, 15) is 8.78 Å². The highest BCUT2D eigenvalue weighted by molar-refractivity contribution is 6.31. The summed E-state index contributed by atoms with van der Waals surface area (Å²) in [7, 11) is 1.53. The molecule has 0 spiro atoms. The molecule has 3 aromatic rings. The van der Waals surface area contributed by atoms with Crippen molar-refractivity contribution in [3.63, 3.8) is 0 Å². The van der Waals surface area contributed by atoms with Crippen LogP contribution in [0, 0.1) is 11.6 Å². The first-order valence-corrected chi connectivity index (χ1v) is 9.14. The van der Waals surface area contributed by atoms with Crippen molar-refractivity contribution in [2.75, 3.05) is 12.4 Å². The topological polar surface area (TPSA) is 30.5 Å². The Morgan fingerprint density at radius 1 is 0.821 bits per heavy atom. The Kier molecular flexibility index (Phi) is 6.60. The van der Waals surface area contributed by atoms with E-state index in [4.69, 9.17) is 32.7 Å². The summed E-state index contributed by atoms with van der Waals surface area (Å²) in [5, 5.41) is 3.93. The van der Waals surface area contributed by atoms with Gasteiger partial charge in [0.1, 0.15) is 18.2 Å². The Balaban J connectivity index is 1.72. The maximum Gasteiger partial charge on any atom is 0.163 e. The first kappa shape index (κ1) is 20.2. The van der Waals surface area contributed by atoms with Gasteiger partial charge in [0, 0.05) is 28.9 Å². The maximum atomic E-state index is 13.2. The van der Waals surface area contributed by atoms with Crippen molar-refractivity contribution in [1.82, 2.24) is 0 Å². The van der Waals surface area contributed by atoms with Crippen LogP contribution < -0.4 is 14.8 Å². The van der Waals surface area contributed by atoms with Crippen molar-refractivity contribution < 1.29 is 18.3 Å². The van der Waals surface area contributed by atoms with Crippen molar-refractivity contribution in [2.45, 2.75) is 13.2 Å². The fourth-order valence-electron chi connectivity index (χ4n) is 2.54. The van der Waals surface area contributed by atoms with Gasteiger partial charge in [0.25, 0.3) is 0 Å². The zero-order chi connectivity index (χ0) is 20.1. The van der Waals surface area contributed by atoms with Crippen LogP contribution in [-0.4, -0.2) is 7.11 Å². The second-order valence-electron chi connectivity index (χ2n) is 5.98. The summed E-state index contributed by atoms with van der Waals surface area (Å²) in [4.78, 5) is 0.